The van der Waals surface area contributed by atoms with Crippen LogP contribution in [0.2, 0.25) is 0 Å². The van der Waals surface area contributed by atoms with Crippen molar-refractivity contribution < 1.29 is 4.74 Å². The molecular weight excluding hydrogens is 252 g/mol. The molecule has 1 aromatic heterocycles. The zero-order chi connectivity index (χ0) is 14.5. The lowest BCUT2D eigenvalue weighted by Crippen LogP contribution is -2.30. The fourth-order valence-corrected chi connectivity index (χ4v) is 2.31. The van der Waals surface area contributed by atoms with Crippen LogP contribution in [0.5, 0.6) is 5.75 Å². The first-order valence-corrected chi connectivity index (χ1v) is 6.80. The van der Waals surface area contributed by atoms with Gasteiger partial charge in [0.25, 0.3) is 0 Å². The number of methoxy groups -OCH3 is 1. The van der Waals surface area contributed by atoms with Gasteiger partial charge in [-0.1, -0.05) is 17.7 Å². The second kappa shape index (κ2) is 6.54. The first-order valence-electron chi connectivity index (χ1n) is 6.80. The second-order valence-corrected chi connectivity index (χ2v) is 4.87. The lowest BCUT2D eigenvalue weighted by molar-refractivity contribution is 0.399. The van der Waals surface area contributed by atoms with Crippen molar-refractivity contribution in [2.45, 2.75) is 32.9 Å². The Morgan fingerprint density at radius 2 is 2.25 bits per heavy atom. The van der Waals surface area contributed by atoms with Crippen molar-refractivity contribution in [3.63, 3.8) is 0 Å². The third kappa shape index (κ3) is 3.18. The largest absolute Gasteiger partial charge is 0.496 e. The molecular formula is C15H22N4O. The molecule has 0 saturated heterocycles. The predicted octanol–water partition coefficient (Wildman–Crippen LogP) is 1.97. The molecule has 0 aliphatic rings. The van der Waals surface area contributed by atoms with Gasteiger partial charge in [-0.2, -0.15) is 5.10 Å². The average Bonchev–Trinajstić information content (AvgIpc) is 2.92. The summed E-state index contributed by atoms with van der Waals surface area (Å²) < 4.78 is 7.34. The zero-order valence-corrected chi connectivity index (χ0v) is 12.3. The summed E-state index contributed by atoms with van der Waals surface area (Å²) in [5.74, 6) is 6.58. The van der Waals surface area contributed by atoms with E-state index in [1.165, 1.54) is 5.56 Å². The van der Waals surface area contributed by atoms with Crippen molar-refractivity contribution >= 4 is 0 Å². The van der Waals surface area contributed by atoms with Gasteiger partial charge >= 0.3 is 0 Å². The maximum absolute atomic E-state index is 5.73. The Morgan fingerprint density at radius 3 is 2.85 bits per heavy atom. The molecule has 0 radical (unpaired) electrons. The van der Waals surface area contributed by atoms with Crippen LogP contribution in [0.4, 0.5) is 0 Å². The van der Waals surface area contributed by atoms with Crippen molar-refractivity contribution in [2.24, 2.45) is 5.84 Å². The lowest BCUT2D eigenvalue weighted by Gasteiger charge is -2.19. The highest BCUT2D eigenvalue weighted by atomic mass is 16.5. The topological polar surface area (TPSA) is 65.1 Å². The minimum atomic E-state index is -0.000596. The normalized spacial score (nSPS) is 12.4. The van der Waals surface area contributed by atoms with Crippen LogP contribution in [0.3, 0.4) is 0 Å². The Labute approximate surface area is 119 Å². The van der Waals surface area contributed by atoms with Crippen LogP contribution in [-0.4, -0.2) is 16.9 Å². The van der Waals surface area contributed by atoms with Crippen molar-refractivity contribution in [1.82, 2.24) is 15.2 Å². The van der Waals surface area contributed by atoms with Gasteiger partial charge in [0.15, 0.2) is 0 Å². The highest BCUT2D eigenvalue weighted by molar-refractivity contribution is 5.39. The van der Waals surface area contributed by atoms with Crippen molar-refractivity contribution in [3.8, 4) is 5.75 Å². The van der Waals surface area contributed by atoms with Crippen LogP contribution >= 0.6 is 0 Å². The van der Waals surface area contributed by atoms with E-state index >= 15 is 0 Å². The van der Waals surface area contributed by atoms with Crippen molar-refractivity contribution in [2.75, 3.05) is 7.11 Å². The zero-order valence-electron chi connectivity index (χ0n) is 12.3. The van der Waals surface area contributed by atoms with Gasteiger partial charge in [-0.05, 0) is 31.9 Å². The molecule has 1 aromatic carbocycles. The molecule has 1 unspecified atom stereocenters. The second-order valence-electron chi connectivity index (χ2n) is 4.87. The van der Waals surface area contributed by atoms with Crippen LogP contribution in [0.15, 0.2) is 30.6 Å². The Morgan fingerprint density at radius 1 is 1.45 bits per heavy atom. The maximum atomic E-state index is 5.73. The van der Waals surface area contributed by atoms with Gasteiger partial charge in [0.1, 0.15) is 5.75 Å². The van der Waals surface area contributed by atoms with Gasteiger partial charge in [0, 0.05) is 18.3 Å². The molecule has 1 heterocycles. The molecule has 0 bridgehead atoms. The quantitative estimate of drug-likeness (QED) is 0.624. The minimum absolute atomic E-state index is 0.000596. The number of rotatable bonds is 6. The molecule has 0 fully saturated rings. The van der Waals surface area contributed by atoms with Crippen LogP contribution in [0, 0.1) is 6.92 Å². The first kappa shape index (κ1) is 14.6. The highest BCUT2D eigenvalue weighted by Gasteiger charge is 2.16. The van der Waals surface area contributed by atoms with E-state index < -0.39 is 0 Å². The number of aryl methyl sites for hydroxylation is 2. The summed E-state index contributed by atoms with van der Waals surface area (Å²) in [6.45, 7) is 5.00. The number of aromatic nitrogens is 2. The van der Waals surface area contributed by atoms with E-state index in [4.69, 9.17) is 10.6 Å². The monoisotopic (exact) mass is 274 g/mol. The van der Waals surface area contributed by atoms with Gasteiger partial charge in [-0.25, -0.2) is 0 Å². The number of nitrogens with one attached hydrogen (secondary N) is 1. The molecule has 0 aliphatic carbocycles. The number of ether oxygens (including phenoxy) is 1. The van der Waals surface area contributed by atoms with E-state index in [0.717, 1.165) is 29.8 Å². The van der Waals surface area contributed by atoms with E-state index in [-0.39, 0.29) is 6.04 Å². The molecule has 108 valence electrons. The fraction of sp³-hybridized carbons (Fsp3) is 0.400. The van der Waals surface area contributed by atoms with Gasteiger partial charge in [0.05, 0.1) is 19.3 Å². The highest BCUT2D eigenvalue weighted by Crippen LogP contribution is 2.28. The smallest absolute Gasteiger partial charge is 0.123 e. The Kier molecular flexibility index (Phi) is 4.76. The number of benzene rings is 1. The fourth-order valence-electron chi connectivity index (χ4n) is 2.31. The third-order valence-corrected chi connectivity index (χ3v) is 3.41. The summed E-state index contributed by atoms with van der Waals surface area (Å²) in [6, 6.07) is 6.11. The molecule has 0 spiro atoms. The molecule has 0 amide bonds. The van der Waals surface area contributed by atoms with Crippen LogP contribution < -0.4 is 16.0 Å². The molecule has 0 aliphatic heterocycles. The summed E-state index contributed by atoms with van der Waals surface area (Å²) in [5.41, 5.74) is 6.28. The van der Waals surface area contributed by atoms with E-state index in [1.807, 2.05) is 29.2 Å². The van der Waals surface area contributed by atoms with Gasteiger partial charge in [-0.3, -0.25) is 16.0 Å². The Hall–Kier alpha value is -1.85. The summed E-state index contributed by atoms with van der Waals surface area (Å²) in [6.07, 6.45) is 4.71. The SMILES string of the molecule is CCn1cc(CC(NN)c2cc(C)ccc2OC)cn1. The first-order chi connectivity index (χ1) is 9.67. The van der Waals surface area contributed by atoms with E-state index in [1.54, 1.807) is 7.11 Å². The summed E-state index contributed by atoms with van der Waals surface area (Å²) in [7, 11) is 1.68. The van der Waals surface area contributed by atoms with Gasteiger partial charge in [-0.15, -0.1) is 0 Å². The van der Waals surface area contributed by atoms with Crippen molar-refractivity contribution in [3.05, 3.63) is 47.3 Å². The lowest BCUT2D eigenvalue weighted by atomic mass is 9.98. The molecule has 5 heteroatoms. The predicted molar refractivity (Wildman–Crippen MR) is 79.4 cm³/mol. The molecule has 0 saturated carbocycles. The standard InChI is InChI=1S/C15H22N4O/c1-4-19-10-12(9-17-19)8-14(18-16)13-7-11(2)5-6-15(13)20-3/h5-7,9-10,14,18H,4,8,16H2,1-3H3. The van der Waals surface area contributed by atoms with Gasteiger partial charge in [0.2, 0.25) is 0 Å². The van der Waals surface area contributed by atoms with Crippen molar-refractivity contribution in [1.29, 1.82) is 0 Å². The Bertz CT molecular complexity index is 565. The number of nitrogens with two attached hydrogens (primary N) is 1. The molecule has 1 atom stereocenters. The number of hydrogen-bond acceptors (Lipinski definition) is 4. The van der Waals surface area contributed by atoms with E-state index in [2.05, 4.69) is 30.4 Å². The van der Waals surface area contributed by atoms with Crippen LogP contribution in [0.1, 0.15) is 29.7 Å². The molecule has 3 N–H and O–H groups in total. The van der Waals surface area contributed by atoms with Gasteiger partial charge < -0.3 is 4.74 Å². The Balaban J connectivity index is 2.25. The van der Waals surface area contributed by atoms with Crippen LogP contribution in [-0.2, 0) is 13.0 Å². The molecule has 20 heavy (non-hydrogen) atoms. The summed E-state index contributed by atoms with van der Waals surface area (Å²) >= 11 is 0. The van der Waals surface area contributed by atoms with E-state index in [9.17, 15) is 0 Å². The van der Waals surface area contributed by atoms with Crippen LogP contribution in [0.25, 0.3) is 0 Å². The van der Waals surface area contributed by atoms with E-state index in [0.29, 0.717) is 0 Å². The molecule has 2 rings (SSSR count). The minimum Gasteiger partial charge on any atom is -0.496 e. The summed E-state index contributed by atoms with van der Waals surface area (Å²) in [5, 5.41) is 4.29. The number of nitrogens with zero attached hydrogens (tertiary/aromatic N) is 2. The number of hydrazine groups is 1. The molecule has 5 nitrogen and oxygen atoms in total. The molecule has 2 aromatic rings. The number of hydrogen-bond donors (Lipinski definition) is 2. The third-order valence-electron chi connectivity index (χ3n) is 3.41. The maximum Gasteiger partial charge on any atom is 0.123 e. The average molecular weight is 274 g/mol. The summed E-state index contributed by atoms with van der Waals surface area (Å²) in [4.78, 5) is 0.